The molecule has 0 fully saturated rings. The van der Waals surface area contributed by atoms with Gasteiger partial charge < -0.3 is 0 Å². The van der Waals surface area contributed by atoms with Crippen LogP contribution in [0.3, 0.4) is 0 Å². The van der Waals surface area contributed by atoms with Crippen LogP contribution in [0.2, 0.25) is 0 Å². The number of hydrogen-bond donors (Lipinski definition) is 3. The van der Waals surface area contributed by atoms with Gasteiger partial charge in [0.15, 0.2) is 0 Å². The molecule has 0 heterocycles. The summed E-state index contributed by atoms with van der Waals surface area (Å²) in [4.78, 5) is 0. The van der Waals surface area contributed by atoms with Gasteiger partial charge in [-0.3, -0.25) is 0 Å². The third kappa shape index (κ3) is 608. The fraction of sp³-hybridized carbons (Fsp3) is 0. The van der Waals surface area contributed by atoms with Gasteiger partial charge in [-0.25, -0.2) is 0 Å². The van der Waals surface area contributed by atoms with E-state index in [-0.39, 0.29) is 0 Å². The molecule has 0 aromatic carbocycles. The van der Waals surface area contributed by atoms with E-state index < -0.39 is 18.4 Å². The van der Waals surface area contributed by atoms with Crippen molar-refractivity contribution in [1.29, 1.82) is 0 Å². The van der Waals surface area contributed by atoms with Crippen LogP contribution in [-0.2, 0) is 0 Å². The molecule has 0 atom stereocenters. The van der Waals surface area contributed by atoms with E-state index in [0.29, 0.717) is 0 Å². The summed E-state index contributed by atoms with van der Waals surface area (Å²) in [5, 5.41) is 0. The summed E-state index contributed by atoms with van der Waals surface area (Å²) in [6.07, 6.45) is 0. The molecule has 0 spiro atoms. The molecule has 7 heteroatoms. The Bertz CT molecular complexity index is 68.7. The van der Waals surface area contributed by atoms with Crippen molar-refractivity contribution in [2.45, 2.75) is 0 Å². The molecule has 0 aliphatic carbocycles. The van der Waals surface area contributed by atoms with Gasteiger partial charge in [-0.15, -0.1) is 0 Å². The summed E-state index contributed by atoms with van der Waals surface area (Å²) < 4.78 is 52.0. The second kappa shape index (κ2) is 0.806. The Morgan fingerprint density at radius 3 is 0.857 bits per heavy atom. The fourth-order valence-electron chi connectivity index (χ4n) is 0. The van der Waals surface area contributed by atoms with Crippen LogP contribution < -0.4 is 0 Å². The van der Waals surface area contributed by atoms with Crippen LogP contribution in [0, 0.1) is 0 Å². The van der Waals surface area contributed by atoms with Crippen LogP contribution in [0.15, 0.2) is 0 Å². The van der Waals surface area contributed by atoms with Crippen molar-refractivity contribution in [2.75, 3.05) is 0 Å². The molecule has 0 bridgehead atoms. The average Bonchev–Trinajstić information content (AvgIpc) is 0.592. The summed E-state index contributed by atoms with van der Waals surface area (Å²) >= 11 is -9.68. The topological polar surface area (TPSA) is 60.7 Å². The summed E-state index contributed by atoms with van der Waals surface area (Å²) in [5.41, 5.74) is 0. The van der Waals surface area contributed by atoms with Gasteiger partial charge in [0.25, 0.3) is 0 Å². The Morgan fingerprint density at radius 2 is 0.857 bits per heavy atom. The molecule has 0 aromatic heterocycles. The molecule has 0 aromatic rings. The third-order valence-electron chi connectivity index (χ3n) is 0. The van der Waals surface area contributed by atoms with E-state index >= 15 is 0 Å². The van der Waals surface area contributed by atoms with Crippen molar-refractivity contribution in [1.82, 2.24) is 0 Å². The molecule has 0 saturated heterocycles. The maximum absolute atomic E-state index is 10.6. The van der Waals surface area contributed by atoms with Crippen LogP contribution in [0.25, 0.3) is 0 Å². The monoisotopic (exact) mass is 238 g/mol. The predicted octanol–water partition coefficient (Wildman–Crippen LogP) is -0.791. The van der Waals surface area contributed by atoms with Crippen molar-refractivity contribution in [3.8, 4) is 0 Å². The quantitative estimate of drug-likeness (QED) is 0.482. The zero-order valence-corrected chi connectivity index (χ0v) is 5.21. The summed E-state index contributed by atoms with van der Waals surface area (Å²) in [6.45, 7) is 0. The first-order chi connectivity index (χ1) is 2.45. The third-order valence-corrected chi connectivity index (χ3v) is 0. The van der Waals surface area contributed by atoms with Crippen molar-refractivity contribution < 1.29 is 19.1 Å². The van der Waals surface area contributed by atoms with Gasteiger partial charge in [-0.1, -0.05) is 0 Å². The Morgan fingerprint density at radius 1 is 0.857 bits per heavy atom. The fourth-order valence-corrected chi connectivity index (χ4v) is 0. The van der Waals surface area contributed by atoms with Crippen molar-refractivity contribution in [3.05, 3.63) is 0 Å². The van der Waals surface area contributed by atoms with E-state index in [0.717, 1.165) is 0 Å². The van der Waals surface area contributed by atoms with Crippen molar-refractivity contribution in [3.63, 3.8) is 0 Å². The van der Waals surface area contributed by atoms with Gasteiger partial charge in [-0.2, -0.15) is 0 Å². The number of hydrogen-bond acceptors (Lipinski definition) is 3. The standard InChI is InChI=1S/F3H3O3Te/c1-7(2,3,4,5)6/h4-6H. The zero-order valence-electron chi connectivity index (χ0n) is 2.88. The van der Waals surface area contributed by atoms with Crippen molar-refractivity contribution >= 4 is 18.4 Å². The Balaban J connectivity index is 4.43. The molecule has 3 nitrogen and oxygen atoms in total. The molecule has 0 unspecified atom stereocenters. The molecule has 0 aliphatic heterocycles. The number of halogens is 3. The van der Waals surface area contributed by atoms with E-state index in [1.807, 2.05) is 0 Å². The van der Waals surface area contributed by atoms with Crippen LogP contribution in [0.5, 0.6) is 0 Å². The van der Waals surface area contributed by atoms with Gasteiger partial charge in [0, 0.05) is 0 Å². The van der Waals surface area contributed by atoms with Crippen LogP contribution in [0.4, 0.5) is 8.68 Å². The molecular formula is H3F3O3Te. The van der Waals surface area contributed by atoms with E-state index in [1.54, 1.807) is 0 Å². The maximum atomic E-state index is 10.6. The normalized spacial score (nSPS) is 23.1. The minimum atomic E-state index is -9.68. The molecule has 3 N–H and O–H groups in total. The minimum absolute atomic E-state index is 6.75. The molecular weight excluding hydrogens is 233 g/mol. The van der Waals surface area contributed by atoms with Crippen LogP contribution in [0.1, 0.15) is 0 Å². The van der Waals surface area contributed by atoms with Gasteiger partial charge in [0.1, 0.15) is 0 Å². The molecule has 0 saturated carbocycles. The van der Waals surface area contributed by atoms with Crippen LogP contribution in [-0.4, -0.2) is 28.8 Å². The van der Waals surface area contributed by atoms with E-state index in [1.165, 1.54) is 0 Å². The van der Waals surface area contributed by atoms with Gasteiger partial charge in [-0.05, 0) is 0 Å². The summed E-state index contributed by atoms with van der Waals surface area (Å²) in [6, 6.07) is 0. The van der Waals surface area contributed by atoms with E-state index in [4.69, 9.17) is 10.4 Å². The molecule has 7 heavy (non-hydrogen) atoms. The molecule has 0 rings (SSSR count). The molecule has 48 valence electrons. The second-order valence-electron chi connectivity index (χ2n) is 1.04. The van der Waals surface area contributed by atoms with Crippen molar-refractivity contribution in [2.24, 2.45) is 0 Å². The predicted molar refractivity (Wildman–Crippen MR) is 15.7 cm³/mol. The number of rotatable bonds is 0. The first-order valence-electron chi connectivity index (χ1n) is 1.01. The summed E-state index contributed by atoms with van der Waals surface area (Å²) in [5.74, 6) is 0. The second-order valence-corrected chi connectivity index (χ2v) is 6.98. The van der Waals surface area contributed by atoms with E-state index in [9.17, 15) is 8.68 Å². The molecule has 0 aliphatic rings. The molecule has 0 amide bonds. The Hall–Kier alpha value is 0.460. The average molecular weight is 236 g/mol. The Labute approximate surface area is 38.1 Å². The SMILES string of the molecule is O[Te](O)(O)(F)(F)F. The van der Waals surface area contributed by atoms with Gasteiger partial charge in [0.2, 0.25) is 0 Å². The molecule has 0 radical (unpaired) electrons. The van der Waals surface area contributed by atoms with E-state index in [2.05, 4.69) is 0 Å². The van der Waals surface area contributed by atoms with Gasteiger partial charge in [0.05, 0.1) is 0 Å². The Kier molecular flexibility index (Phi) is 0.859. The summed E-state index contributed by atoms with van der Waals surface area (Å²) in [7, 11) is 0. The first-order valence-corrected chi connectivity index (χ1v) is 6.78. The van der Waals surface area contributed by atoms with Crippen LogP contribution >= 0.6 is 0 Å². The van der Waals surface area contributed by atoms with Gasteiger partial charge >= 0.3 is 37.5 Å². The zero-order chi connectivity index (χ0) is 6.41. The first kappa shape index (κ1) is 7.46.